The number of nitrogens with zero attached hydrogens (tertiary/aromatic N) is 1. The Labute approximate surface area is 262 Å². The molecule has 2 aliphatic rings. The number of hydrogen-bond acceptors (Lipinski definition) is 6. The summed E-state index contributed by atoms with van der Waals surface area (Å²) in [5.74, 6) is -2.20. The van der Waals surface area contributed by atoms with E-state index in [1.807, 2.05) is 0 Å². The topological polar surface area (TPSA) is 114 Å². The number of nitrogens with one attached hydrogen (secondary N) is 2. The van der Waals surface area contributed by atoms with E-state index in [1.165, 1.54) is 28.6 Å². The molecule has 0 bridgehead atoms. The van der Waals surface area contributed by atoms with Crippen LogP contribution in [-0.4, -0.2) is 63.6 Å². The fraction of sp³-hybridized carbons (Fsp3) is 0.406. The van der Waals surface area contributed by atoms with Gasteiger partial charge in [0.05, 0.1) is 16.0 Å². The number of carbonyl (C=O) groups is 1. The second kappa shape index (κ2) is 14.4. The highest BCUT2D eigenvalue weighted by Crippen LogP contribution is 2.36. The van der Waals surface area contributed by atoms with Crippen LogP contribution >= 0.6 is 11.6 Å². The Morgan fingerprint density at radius 3 is 2.55 bits per heavy atom. The molecule has 8 nitrogen and oxygen atoms in total. The molecule has 5 rings (SSSR count). The molecular formula is C32H37ClF2N4O4S. The number of rotatable bonds is 10. The summed E-state index contributed by atoms with van der Waals surface area (Å²) >= 11 is 5.92. The first-order valence-corrected chi connectivity index (χ1v) is 16.6. The lowest BCUT2D eigenvalue weighted by Gasteiger charge is -2.35. The van der Waals surface area contributed by atoms with E-state index >= 15 is 4.39 Å². The lowest BCUT2D eigenvalue weighted by Crippen LogP contribution is -2.53. The van der Waals surface area contributed by atoms with Gasteiger partial charge in [0.15, 0.2) is 0 Å². The Bertz CT molecular complexity index is 1560. The summed E-state index contributed by atoms with van der Waals surface area (Å²) in [5.41, 5.74) is 7.66. The van der Waals surface area contributed by atoms with E-state index in [9.17, 15) is 17.6 Å². The van der Waals surface area contributed by atoms with E-state index in [4.69, 9.17) is 22.1 Å². The first kappa shape index (κ1) is 32.5. The van der Waals surface area contributed by atoms with E-state index in [-0.39, 0.29) is 40.1 Å². The molecule has 2 aliphatic heterocycles. The van der Waals surface area contributed by atoms with Crippen molar-refractivity contribution in [2.24, 2.45) is 11.7 Å². The first-order valence-electron chi connectivity index (χ1n) is 14.8. The minimum Gasteiger partial charge on any atom is -0.381 e. The number of sulfonamides is 1. The maximum atomic E-state index is 15.3. The van der Waals surface area contributed by atoms with Crippen molar-refractivity contribution in [3.8, 4) is 0 Å². The predicted molar refractivity (Wildman–Crippen MR) is 166 cm³/mol. The van der Waals surface area contributed by atoms with Gasteiger partial charge in [0.1, 0.15) is 11.6 Å². The zero-order chi connectivity index (χ0) is 31.3. The van der Waals surface area contributed by atoms with Crippen molar-refractivity contribution >= 4 is 33.2 Å². The number of hydrogen-bond donors (Lipinski definition) is 3. The highest BCUT2D eigenvalue weighted by atomic mass is 35.5. The van der Waals surface area contributed by atoms with Gasteiger partial charge in [-0.25, -0.2) is 17.2 Å². The van der Waals surface area contributed by atoms with E-state index in [2.05, 4.69) is 10.6 Å². The van der Waals surface area contributed by atoms with Crippen LogP contribution in [0.5, 0.6) is 0 Å². The Morgan fingerprint density at radius 1 is 1.07 bits per heavy atom. The summed E-state index contributed by atoms with van der Waals surface area (Å²) in [4.78, 5) is 13.8. The molecule has 0 aliphatic carbocycles. The van der Waals surface area contributed by atoms with Gasteiger partial charge in [-0.05, 0) is 73.6 Å². The minimum absolute atomic E-state index is 0.0230. The lowest BCUT2D eigenvalue weighted by molar-refractivity contribution is -0.118. The fourth-order valence-electron chi connectivity index (χ4n) is 6.22. The molecule has 1 unspecified atom stereocenters. The average Bonchev–Trinajstić information content (AvgIpc) is 3.03. The standard InChI is InChI=1S/C32H37ClF2N4O4S/c33-26-12-9-22(19-28(26)35)30(21-13-17-43-18-14-21)31(36)32(40)38-29-8-4-7-27(34)25(29)11-10-23-20-37-15-16-39(23)44(41,42)24-5-2-1-3-6-24/h1-9,12,19,21,23,30-31,37H,10-11,13-18,20,36H2,(H,38,40)/t23-,30?,31-/m0/s1. The van der Waals surface area contributed by atoms with Crippen molar-refractivity contribution in [3.63, 3.8) is 0 Å². The molecule has 3 aromatic rings. The average molecular weight is 647 g/mol. The molecule has 0 radical (unpaired) electrons. The molecule has 44 heavy (non-hydrogen) atoms. The van der Waals surface area contributed by atoms with E-state index in [0.29, 0.717) is 51.1 Å². The molecule has 3 aromatic carbocycles. The molecular weight excluding hydrogens is 610 g/mol. The Kier molecular flexibility index (Phi) is 10.7. The van der Waals surface area contributed by atoms with E-state index in [1.54, 1.807) is 42.5 Å². The number of nitrogens with two attached hydrogens (primary N) is 1. The van der Waals surface area contributed by atoms with Crippen LogP contribution < -0.4 is 16.4 Å². The molecule has 3 atom stereocenters. The number of carbonyl (C=O) groups excluding carboxylic acids is 1. The van der Waals surface area contributed by atoms with Crippen LogP contribution in [-0.2, 0) is 26.0 Å². The van der Waals surface area contributed by atoms with Crippen molar-refractivity contribution < 1.29 is 26.7 Å². The van der Waals surface area contributed by atoms with Crippen molar-refractivity contribution in [2.45, 2.75) is 48.6 Å². The molecule has 2 fully saturated rings. The van der Waals surface area contributed by atoms with Gasteiger partial charge in [0.2, 0.25) is 15.9 Å². The molecule has 12 heteroatoms. The Morgan fingerprint density at radius 2 is 1.82 bits per heavy atom. The van der Waals surface area contributed by atoms with Crippen LogP contribution in [0, 0.1) is 17.6 Å². The second-order valence-electron chi connectivity index (χ2n) is 11.3. The zero-order valence-electron chi connectivity index (χ0n) is 24.2. The summed E-state index contributed by atoms with van der Waals surface area (Å²) in [6, 6.07) is 15.6. The third kappa shape index (κ3) is 7.30. The summed E-state index contributed by atoms with van der Waals surface area (Å²) in [5, 5.41) is 6.03. The quantitative estimate of drug-likeness (QED) is 0.295. The summed E-state index contributed by atoms with van der Waals surface area (Å²) in [6.45, 7) is 2.22. The molecule has 236 valence electrons. The minimum atomic E-state index is -3.75. The van der Waals surface area contributed by atoms with Gasteiger partial charge >= 0.3 is 0 Å². The highest BCUT2D eigenvalue weighted by molar-refractivity contribution is 7.89. The number of piperazine rings is 1. The lowest BCUT2D eigenvalue weighted by atomic mass is 9.76. The highest BCUT2D eigenvalue weighted by Gasteiger charge is 2.36. The van der Waals surface area contributed by atoms with Gasteiger partial charge in [0, 0.05) is 56.1 Å². The number of halogens is 3. The number of anilines is 1. The summed E-state index contributed by atoms with van der Waals surface area (Å²) in [7, 11) is -3.75. The van der Waals surface area contributed by atoms with Crippen molar-refractivity contribution in [3.05, 3.63) is 94.5 Å². The zero-order valence-corrected chi connectivity index (χ0v) is 25.8. The maximum absolute atomic E-state index is 15.3. The molecule has 4 N–H and O–H groups in total. The first-order chi connectivity index (χ1) is 21.2. The van der Waals surface area contributed by atoms with Gasteiger partial charge in [-0.2, -0.15) is 4.31 Å². The Balaban J connectivity index is 1.35. The maximum Gasteiger partial charge on any atom is 0.243 e. The third-order valence-corrected chi connectivity index (χ3v) is 10.8. The van der Waals surface area contributed by atoms with Gasteiger partial charge in [-0.15, -0.1) is 0 Å². The van der Waals surface area contributed by atoms with Crippen LogP contribution in [0.15, 0.2) is 71.6 Å². The van der Waals surface area contributed by atoms with Gasteiger partial charge in [-0.3, -0.25) is 4.79 Å². The molecule has 2 saturated heterocycles. The largest absolute Gasteiger partial charge is 0.381 e. The molecule has 0 spiro atoms. The number of benzene rings is 3. The van der Waals surface area contributed by atoms with Crippen LogP contribution in [0.1, 0.15) is 36.3 Å². The van der Waals surface area contributed by atoms with Gasteiger partial charge in [-0.1, -0.05) is 41.9 Å². The Hall–Kier alpha value is -2.93. The van der Waals surface area contributed by atoms with E-state index < -0.39 is 45.6 Å². The van der Waals surface area contributed by atoms with Crippen LogP contribution in [0.25, 0.3) is 0 Å². The second-order valence-corrected chi connectivity index (χ2v) is 13.6. The summed E-state index contributed by atoms with van der Waals surface area (Å²) < 4.78 is 63.5. The number of amides is 1. The molecule has 0 saturated carbocycles. The predicted octanol–water partition coefficient (Wildman–Crippen LogP) is 4.69. The smallest absolute Gasteiger partial charge is 0.243 e. The van der Waals surface area contributed by atoms with E-state index in [0.717, 1.165) is 0 Å². The van der Waals surface area contributed by atoms with Crippen molar-refractivity contribution in [2.75, 3.05) is 38.2 Å². The van der Waals surface area contributed by atoms with Crippen molar-refractivity contribution in [1.82, 2.24) is 9.62 Å². The fourth-order valence-corrected chi connectivity index (χ4v) is 8.01. The molecule has 1 amide bonds. The molecule has 2 heterocycles. The monoisotopic (exact) mass is 646 g/mol. The van der Waals surface area contributed by atoms with Crippen LogP contribution in [0.2, 0.25) is 5.02 Å². The number of ether oxygens (including phenoxy) is 1. The normalized spacial score (nSPS) is 19.8. The molecule has 0 aromatic heterocycles. The van der Waals surface area contributed by atoms with Crippen LogP contribution in [0.4, 0.5) is 14.5 Å². The van der Waals surface area contributed by atoms with Gasteiger partial charge < -0.3 is 21.1 Å². The van der Waals surface area contributed by atoms with Crippen LogP contribution in [0.3, 0.4) is 0 Å². The SMILES string of the molecule is N[C@H](C(=O)Nc1cccc(F)c1CC[C@H]1CNCCN1S(=O)(=O)c1ccccc1)C(c1ccc(Cl)c(F)c1)C1CCOCC1. The summed E-state index contributed by atoms with van der Waals surface area (Å²) in [6.07, 6.45) is 1.80. The van der Waals surface area contributed by atoms with Crippen molar-refractivity contribution in [1.29, 1.82) is 0 Å². The van der Waals surface area contributed by atoms with Gasteiger partial charge in [0.25, 0.3) is 0 Å². The third-order valence-electron chi connectivity index (χ3n) is 8.54.